The molecule has 31 heavy (non-hydrogen) atoms. The summed E-state index contributed by atoms with van der Waals surface area (Å²) in [7, 11) is 0. The minimum atomic E-state index is -0.228. The van der Waals surface area contributed by atoms with E-state index in [2.05, 4.69) is 9.98 Å². The summed E-state index contributed by atoms with van der Waals surface area (Å²) in [6.45, 7) is 9.62. The van der Waals surface area contributed by atoms with Crippen molar-refractivity contribution in [3.63, 3.8) is 0 Å². The molecule has 173 valence electrons. The SMILES string of the molecule is CCOc1cccc(C=NCC(C)(C)CN=Cc2cccc(OCC)c2[O-])c1[O-].O.[Cu+2]. The Morgan fingerprint density at radius 1 is 0.806 bits per heavy atom. The number of para-hydroxylation sites is 2. The van der Waals surface area contributed by atoms with Gasteiger partial charge in [-0.3, -0.25) is 9.98 Å². The van der Waals surface area contributed by atoms with Crippen molar-refractivity contribution in [2.24, 2.45) is 15.4 Å². The molecule has 2 N–H and O–H groups in total. The van der Waals surface area contributed by atoms with Crippen molar-refractivity contribution in [3.05, 3.63) is 47.5 Å². The Morgan fingerprint density at radius 2 is 1.19 bits per heavy atom. The molecule has 0 atom stereocenters. The molecule has 1 radical (unpaired) electrons. The molecule has 0 aromatic heterocycles. The Balaban J connectivity index is 0.00000450. The third-order valence-electron chi connectivity index (χ3n) is 4.12. The third-order valence-corrected chi connectivity index (χ3v) is 4.12. The van der Waals surface area contributed by atoms with E-state index in [4.69, 9.17) is 9.47 Å². The van der Waals surface area contributed by atoms with Crippen LogP contribution >= 0.6 is 0 Å². The van der Waals surface area contributed by atoms with Crippen LogP contribution in [-0.4, -0.2) is 44.2 Å². The molecule has 0 spiro atoms. The van der Waals surface area contributed by atoms with Crippen LogP contribution in [0.4, 0.5) is 0 Å². The fourth-order valence-corrected chi connectivity index (χ4v) is 2.64. The topological polar surface area (TPSA) is 121 Å². The molecule has 0 heterocycles. The first kappa shape index (κ1) is 28.5. The van der Waals surface area contributed by atoms with Crippen LogP contribution in [0.5, 0.6) is 23.0 Å². The predicted molar refractivity (Wildman–Crippen MR) is 116 cm³/mol. The molecule has 2 rings (SSSR count). The number of hydrogen-bond donors (Lipinski definition) is 0. The Bertz CT molecular complexity index is 800. The average molecular weight is 478 g/mol. The maximum atomic E-state index is 12.3. The maximum absolute atomic E-state index is 12.3. The van der Waals surface area contributed by atoms with Crippen LogP contribution in [0.15, 0.2) is 46.4 Å². The number of hydrogen-bond acceptors (Lipinski definition) is 6. The molecule has 0 aliphatic heterocycles. The molecule has 0 saturated carbocycles. The predicted octanol–water partition coefficient (Wildman–Crippen LogP) is 2.37. The molecular weight excluding hydrogens is 448 g/mol. The van der Waals surface area contributed by atoms with Crippen molar-refractivity contribution in [1.82, 2.24) is 0 Å². The van der Waals surface area contributed by atoms with E-state index in [0.29, 0.717) is 48.9 Å². The van der Waals surface area contributed by atoms with Crippen LogP contribution in [0.1, 0.15) is 38.8 Å². The molecular formula is C23H30CuN2O5. The largest absolute Gasteiger partial charge is 2.00 e. The quantitative estimate of drug-likeness (QED) is 0.385. The standard InChI is InChI=1S/C23H30N2O4.Cu.H2O/c1-5-28-19-11-7-9-17(21(19)26)13-24-15-23(3,4)16-25-14-18-10-8-12-20(22(18)27)29-6-2;;/h7-14,26-27H,5-6,15-16H2,1-4H3;;1H2/q;+2;/p-2. The summed E-state index contributed by atoms with van der Waals surface area (Å²) in [4.78, 5) is 8.84. The molecule has 0 fully saturated rings. The van der Waals surface area contributed by atoms with Crippen LogP contribution in [0, 0.1) is 5.41 Å². The van der Waals surface area contributed by atoms with E-state index in [1.54, 1.807) is 48.8 Å². The van der Waals surface area contributed by atoms with Crippen LogP contribution < -0.4 is 19.7 Å². The molecule has 0 aliphatic carbocycles. The van der Waals surface area contributed by atoms with E-state index in [0.717, 1.165) is 0 Å². The summed E-state index contributed by atoms with van der Waals surface area (Å²) in [5.74, 6) is 0.350. The van der Waals surface area contributed by atoms with Gasteiger partial charge in [-0.05, 0) is 37.1 Å². The van der Waals surface area contributed by atoms with E-state index < -0.39 is 0 Å². The summed E-state index contributed by atoms with van der Waals surface area (Å²) < 4.78 is 10.7. The normalized spacial score (nSPS) is 11.2. The molecule has 7 nitrogen and oxygen atoms in total. The fraction of sp³-hybridized carbons (Fsp3) is 0.391. The van der Waals surface area contributed by atoms with Gasteiger partial charge in [-0.25, -0.2) is 0 Å². The second-order valence-corrected chi connectivity index (χ2v) is 7.32. The first-order valence-electron chi connectivity index (χ1n) is 9.73. The van der Waals surface area contributed by atoms with Gasteiger partial charge in [0.25, 0.3) is 0 Å². The first-order valence-corrected chi connectivity index (χ1v) is 9.73. The van der Waals surface area contributed by atoms with Gasteiger partial charge in [0.2, 0.25) is 0 Å². The molecule has 2 aromatic carbocycles. The number of benzene rings is 2. The first-order chi connectivity index (χ1) is 13.9. The third kappa shape index (κ3) is 8.61. The van der Waals surface area contributed by atoms with Gasteiger partial charge in [-0.2, -0.15) is 0 Å². The van der Waals surface area contributed by atoms with Gasteiger partial charge in [0.1, 0.15) is 11.5 Å². The van der Waals surface area contributed by atoms with Gasteiger partial charge in [0.05, 0.1) is 13.2 Å². The van der Waals surface area contributed by atoms with Gasteiger partial charge < -0.3 is 25.2 Å². The van der Waals surface area contributed by atoms with Crippen LogP contribution in [-0.2, 0) is 17.1 Å². The van der Waals surface area contributed by atoms with Gasteiger partial charge in [-0.1, -0.05) is 49.6 Å². The van der Waals surface area contributed by atoms with Crippen molar-refractivity contribution in [3.8, 4) is 23.0 Å². The van der Waals surface area contributed by atoms with E-state index in [1.165, 1.54) is 0 Å². The summed E-state index contributed by atoms with van der Waals surface area (Å²) in [5, 5.41) is 24.5. The minimum Gasteiger partial charge on any atom is -0.870 e. The molecule has 0 saturated heterocycles. The average Bonchev–Trinajstić information content (AvgIpc) is 2.68. The Kier molecular flexibility index (Phi) is 12.6. The van der Waals surface area contributed by atoms with Crippen LogP contribution in [0.3, 0.4) is 0 Å². The molecule has 2 aromatic rings. The Labute approximate surface area is 194 Å². The van der Waals surface area contributed by atoms with Crippen LogP contribution in [0.25, 0.3) is 0 Å². The monoisotopic (exact) mass is 477 g/mol. The van der Waals surface area contributed by atoms with Crippen molar-refractivity contribution in [1.29, 1.82) is 0 Å². The van der Waals surface area contributed by atoms with E-state index in [9.17, 15) is 10.2 Å². The van der Waals surface area contributed by atoms with Crippen molar-refractivity contribution in [2.75, 3.05) is 26.3 Å². The molecule has 0 unspecified atom stereocenters. The second kappa shape index (κ2) is 13.7. The Morgan fingerprint density at radius 3 is 1.55 bits per heavy atom. The van der Waals surface area contributed by atoms with Gasteiger partial charge in [0, 0.05) is 30.9 Å². The molecule has 8 heteroatoms. The zero-order valence-corrected chi connectivity index (χ0v) is 19.2. The maximum Gasteiger partial charge on any atom is 2.00 e. The minimum absolute atomic E-state index is 0. The van der Waals surface area contributed by atoms with Crippen molar-refractivity contribution >= 4 is 12.4 Å². The molecule has 0 amide bonds. The number of aliphatic imine (C=N–C) groups is 2. The number of ether oxygens (including phenoxy) is 2. The summed E-state index contributed by atoms with van der Waals surface area (Å²) >= 11 is 0. The van der Waals surface area contributed by atoms with E-state index >= 15 is 0 Å². The molecule has 0 aliphatic rings. The van der Waals surface area contributed by atoms with Gasteiger partial charge in [-0.15, -0.1) is 0 Å². The number of nitrogens with zero attached hydrogens (tertiary/aromatic N) is 2. The summed E-state index contributed by atoms with van der Waals surface area (Å²) in [6, 6.07) is 10.3. The zero-order chi connectivity index (χ0) is 21.3. The smallest absolute Gasteiger partial charge is 0.870 e. The van der Waals surface area contributed by atoms with Gasteiger partial charge in [0.15, 0.2) is 0 Å². The van der Waals surface area contributed by atoms with Crippen molar-refractivity contribution < 1.29 is 42.2 Å². The summed E-state index contributed by atoms with van der Waals surface area (Å²) in [5.41, 5.74) is 0.770. The second-order valence-electron chi connectivity index (χ2n) is 7.32. The van der Waals surface area contributed by atoms with E-state index in [1.807, 2.05) is 27.7 Å². The zero-order valence-electron chi connectivity index (χ0n) is 18.3. The van der Waals surface area contributed by atoms with Gasteiger partial charge >= 0.3 is 17.1 Å². The Hall–Kier alpha value is -2.54. The summed E-state index contributed by atoms with van der Waals surface area (Å²) in [6.07, 6.45) is 3.16. The number of rotatable bonds is 10. The van der Waals surface area contributed by atoms with Crippen molar-refractivity contribution in [2.45, 2.75) is 27.7 Å². The van der Waals surface area contributed by atoms with Crippen LogP contribution in [0.2, 0.25) is 0 Å². The molecule has 0 bridgehead atoms. The fourth-order valence-electron chi connectivity index (χ4n) is 2.64. The van der Waals surface area contributed by atoms with E-state index in [-0.39, 0.29) is 39.5 Å².